The fourth-order valence-electron chi connectivity index (χ4n) is 5.12. The van der Waals surface area contributed by atoms with E-state index in [-0.39, 0.29) is 12.1 Å². The molecule has 0 radical (unpaired) electrons. The van der Waals surface area contributed by atoms with Crippen LogP contribution in [0.5, 0.6) is 11.5 Å². The zero-order chi connectivity index (χ0) is 29.1. The van der Waals surface area contributed by atoms with Crippen LogP contribution in [0.15, 0.2) is 60.7 Å². The molecule has 0 N–H and O–H groups in total. The standard InChI is InChI=1S/C37H52O4/c1-4-6-8-10-11-12-13-14-16-27-39-34-25-26-35-33(28-34)19-17-20-36(35)40-29-31-21-23-32(24-22-31)37(38)41-30(3)18-15-9-7-5-2/h17,19-26,28,30H,4-16,18,27,29H2,1-3H3/t30-/m1/s1. The predicted octanol–water partition coefficient (Wildman–Crippen LogP) is 10.8. The van der Waals surface area contributed by atoms with Gasteiger partial charge >= 0.3 is 5.97 Å². The van der Waals surface area contributed by atoms with E-state index in [0.717, 1.165) is 53.7 Å². The number of hydrogen-bond acceptors (Lipinski definition) is 4. The fraction of sp³-hybridized carbons (Fsp3) is 0.541. The third kappa shape index (κ3) is 12.2. The van der Waals surface area contributed by atoms with E-state index < -0.39 is 0 Å². The van der Waals surface area contributed by atoms with Crippen LogP contribution in [-0.2, 0) is 11.3 Å². The summed E-state index contributed by atoms with van der Waals surface area (Å²) < 4.78 is 17.9. The Hall–Kier alpha value is -3.01. The molecule has 0 bridgehead atoms. The van der Waals surface area contributed by atoms with Crippen LogP contribution >= 0.6 is 0 Å². The summed E-state index contributed by atoms with van der Waals surface area (Å²) in [6.45, 7) is 7.63. The summed E-state index contributed by atoms with van der Waals surface area (Å²) in [5, 5.41) is 2.17. The van der Waals surface area contributed by atoms with Gasteiger partial charge in [0.15, 0.2) is 0 Å². The Labute approximate surface area is 248 Å². The van der Waals surface area contributed by atoms with Gasteiger partial charge in [0.05, 0.1) is 18.3 Å². The molecule has 0 spiro atoms. The molecule has 3 aromatic rings. The summed E-state index contributed by atoms with van der Waals surface area (Å²) in [7, 11) is 0. The number of fused-ring (bicyclic) bond motifs is 1. The molecule has 0 aromatic heterocycles. The molecule has 224 valence electrons. The van der Waals surface area contributed by atoms with Crippen molar-refractivity contribution in [3.63, 3.8) is 0 Å². The van der Waals surface area contributed by atoms with E-state index >= 15 is 0 Å². The lowest BCUT2D eigenvalue weighted by molar-refractivity contribution is 0.0319. The molecular formula is C37H52O4. The molecule has 0 fully saturated rings. The van der Waals surface area contributed by atoms with Crippen LogP contribution < -0.4 is 9.47 Å². The molecule has 3 aromatic carbocycles. The lowest BCUT2D eigenvalue weighted by Crippen LogP contribution is -2.15. The van der Waals surface area contributed by atoms with Crippen molar-refractivity contribution in [1.82, 2.24) is 0 Å². The van der Waals surface area contributed by atoms with Crippen molar-refractivity contribution in [3.05, 3.63) is 71.8 Å². The summed E-state index contributed by atoms with van der Waals surface area (Å²) in [4.78, 5) is 12.5. The monoisotopic (exact) mass is 560 g/mol. The maximum atomic E-state index is 12.5. The third-order valence-electron chi connectivity index (χ3n) is 7.68. The summed E-state index contributed by atoms with van der Waals surface area (Å²) in [6.07, 6.45) is 17.4. The van der Waals surface area contributed by atoms with Gasteiger partial charge in [0.25, 0.3) is 0 Å². The van der Waals surface area contributed by atoms with Crippen molar-refractivity contribution in [1.29, 1.82) is 0 Å². The van der Waals surface area contributed by atoms with Crippen LogP contribution in [0, 0.1) is 0 Å². The zero-order valence-corrected chi connectivity index (χ0v) is 25.8. The van der Waals surface area contributed by atoms with Crippen molar-refractivity contribution in [3.8, 4) is 11.5 Å². The number of carbonyl (C=O) groups excluding carboxylic acids is 1. The molecule has 0 aliphatic rings. The Balaban J connectivity index is 1.41. The van der Waals surface area contributed by atoms with Crippen molar-refractivity contribution in [2.24, 2.45) is 0 Å². The molecule has 4 heteroatoms. The van der Waals surface area contributed by atoms with Gasteiger partial charge in [-0.2, -0.15) is 0 Å². The third-order valence-corrected chi connectivity index (χ3v) is 7.68. The molecule has 0 amide bonds. The highest BCUT2D eigenvalue weighted by Crippen LogP contribution is 2.29. The van der Waals surface area contributed by atoms with Gasteiger partial charge in [0.2, 0.25) is 0 Å². The van der Waals surface area contributed by atoms with Gasteiger partial charge in [-0.15, -0.1) is 0 Å². The maximum absolute atomic E-state index is 12.5. The second-order valence-corrected chi connectivity index (χ2v) is 11.4. The van der Waals surface area contributed by atoms with Crippen molar-refractivity contribution >= 4 is 16.7 Å². The van der Waals surface area contributed by atoms with Gasteiger partial charge < -0.3 is 14.2 Å². The second kappa shape index (κ2) is 19.2. The summed E-state index contributed by atoms with van der Waals surface area (Å²) in [6, 6.07) is 19.9. The Kier molecular flexibility index (Phi) is 15.2. The summed E-state index contributed by atoms with van der Waals surface area (Å²) >= 11 is 0. The van der Waals surface area contributed by atoms with Crippen LogP contribution in [-0.4, -0.2) is 18.7 Å². The number of benzene rings is 3. The highest BCUT2D eigenvalue weighted by Gasteiger charge is 2.12. The van der Waals surface area contributed by atoms with E-state index in [1.807, 2.05) is 49.4 Å². The van der Waals surface area contributed by atoms with E-state index in [1.165, 1.54) is 70.6 Å². The van der Waals surface area contributed by atoms with Crippen molar-refractivity contribution < 1.29 is 19.0 Å². The number of esters is 1. The number of hydrogen-bond donors (Lipinski definition) is 0. The first-order valence-electron chi connectivity index (χ1n) is 16.2. The first-order valence-corrected chi connectivity index (χ1v) is 16.2. The first-order chi connectivity index (χ1) is 20.1. The first kappa shape index (κ1) is 32.5. The van der Waals surface area contributed by atoms with Gasteiger partial charge in [-0.25, -0.2) is 4.79 Å². The molecule has 4 nitrogen and oxygen atoms in total. The number of rotatable bonds is 21. The van der Waals surface area contributed by atoms with Crippen molar-refractivity contribution in [2.75, 3.05) is 6.61 Å². The molecule has 0 saturated heterocycles. The van der Waals surface area contributed by atoms with Gasteiger partial charge in [0, 0.05) is 5.39 Å². The minimum Gasteiger partial charge on any atom is -0.494 e. The Morgan fingerprint density at radius 1 is 0.707 bits per heavy atom. The topological polar surface area (TPSA) is 44.8 Å². The molecular weight excluding hydrogens is 508 g/mol. The largest absolute Gasteiger partial charge is 0.494 e. The van der Waals surface area contributed by atoms with Crippen LogP contribution in [0.25, 0.3) is 10.8 Å². The summed E-state index contributed by atoms with van der Waals surface area (Å²) in [5.41, 5.74) is 1.58. The maximum Gasteiger partial charge on any atom is 0.338 e. The van der Waals surface area contributed by atoms with Gasteiger partial charge in [-0.05, 0) is 73.5 Å². The summed E-state index contributed by atoms with van der Waals surface area (Å²) in [5.74, 6) is 1.49. The average molecular weight is 561 g/mol. The molecule has 0 saturated carbocycles. The SMILES string of the molecule is CCCCCCCCCCCOc1ccc2c(OCc3ccc(C(=O)O[C@H](C)CCCCCC)cc3)cccc2c1. The predicted molar refractivity (Wildman–Crippen MR) is 171 cm³/mol. The molecule has 3 rings (SSSR count). The van der Waals surface area contributed by atoms with E-state index in [2.05, 4.69) is 32.0 Å². The minimum atomic E-state index is -0.259. The highest BCUT2D eigenvalue weighted by atomic mass is 16.5. The number of unbranched alkanes of at least 4 members (excludes halogenated alkanes) is 11. The van der Waals surface area contributed by atoms with Crippen LogP contribution in [0.1, 0.15) is 127 Å². The Morgan fingerprint density at radius 3 is 2.07 bits per heavy atom. The Bertz CT molecular complexity index is 1140. The molecule has 0 heterocycles. The highest BCUT2D eigenvalue weighted by molar-refractivity contribution is 5.90. The molecule has 0 aliphatic carbocycles. The quantitative estimate of drug-likeness (QED) is 0.0960. The van der Waals surface area contributed by atoms with E-state index in [4.69, 9.17) is 14.2 Å². The lowest BCUT2D eigenvalue weighted by atomic mass is 10.1. The van der Waals surface area contributed by atoms with E-state index in [9.17, 15) is 4.79 Å². The molecule has 0 aliphatic heterocycles. The van der Waals surface area contributed by atoms with Gasteiger partial charge in [-0.1, -0.05) is 109 Å². The lowest BCUT2D eigenvalue weighted by Gasteiger charge is -2.14. The van der Waals surface area contributed by atoms with Crippen LogP contribution in [0.2, 0.25) is 0 Å². The van der Waals surface area contributed by atoms with Crippen LogP contribution in [0.4, 0.5) is 0 Å². The minimum absolute atomic E-state index is 0.0606. The van der Waals surface area contributed by atoms with Crippen molar-refractivity contribution in [2.45, 2.75) is 123 Å². The Morgan fingerprint density at radius 2 is 1.37 bits per heavy atom. The molecule has 0 unspecified atom stereocenters. The van der Waals surface area contributed by atoms with Gasteiger partial charge in [-0.3, -0.25) is 0 Å². The normalized spacial score (nSPS) is 11.9. The number of carbonyl (C=O) groups is 1. The van der Waals surface area contributed by atoms with Crippen LogP contribution in [0.3, 0.4) is 0 Å². The zero-order valence-electron chi connectivity index (χ0n) is 25.8. The van der Waals surface area contributed by atoms with E-state index in [1.54, 1.807) is 0 Å². The number of ether oxygens (including phenoxy) is 3. The second-order valence-electron chi connectivity index (χ2n) is 11.4. The average Bonchev–Trinajstić information content (AvgIpc) is 2.99. The van der Waals surface area contributed by atoms with Gasteiger partial charge in [0.1, 0.15) is 18.1 Å². The van der Waals surface area contributed by atoms with E-state index in [0.29, 0.717) is 12.2 Å². The molecule has 1 atom stereocenters. The smallest absolute Gasteiger partial charge is 0.338 e. The molecule has 41 heavy (non-hydrogen) atoms. The fourth-order valence-corrected chi connectivity index (χ4v) is 5.12.